The maximum Gasteiger partial charge on any atom is 0.141 e. The number of hydrogen-bond donors (Lipinski definition) is 3. The first-order valence-corrected chi connectivity index (χ1v) is 6.79. The maximum absolute atomic E-state index is 8.55. The van der Waals surface area contributed by atoms with Crippen molar-refractivity contribution >= 4 is 23.3 Å². The Kier molecular flexibility index (Phi) is 5.69. The van der Waals surface area contributed by atoms with E-state index in [-0.39, 0.29) is 11.9 Å². The molecule has 0 bridgehead atoms. The van der Waals surface area contributed by atoms with E-state index in [9.17, 15) is 0 Å². The number of nitrogens with two attached hydrogens (primary N) is 1. The van der Waals surface area contributed by atoms with E-state index >= 15 is 0 Å². The van der Waals surface area contributed by atoms with Gasteiger partial charge in [0.2, 0.25) is 0 Å². The van der Waals surface area contributed by atoms with Crippen molar-refractivity contribution in [1.29, 1.82) is 0 Å². The zero-order valence-electron chi connectivity index (χ0n) is 10.2. The fraction of sp³-hybridized carbons (Fsp3) is 0.417. The quantitative estimate of drug-likeness (QED) is 0.240. The second-order valence-corrected chi connectivity index (χ2v) is 4.65. The van der Waals surface area contributed by atoms with Gasteiger partial charge in [0.05, 0.1) is 0 Å². The second kappa shape index (κ2) is 7.06. The Morgan fingerprint density at radius 3 is 2.59 bits per heavy atom. The highest BCUT2D eigenvalue weighted by Crippen LogP contribution is 2.18. The third-order valence-corrected chi connectivity index (χ3v) is 3.28. The molecule has 0 saturated heterocycles. The van der Waals surface area contributed by atoms with Gasteiger partial charge < -0.3 is 16.3 Å². The first-order chi connectivity index (χ1) is 8.19. The van der Waals surface area contributed by atoms with E-state index in [0.29, 0.717) is 6.42 Å². The van der Waals surface area contributed by atoms with E-state index < -0.39 is 0 Å². The zero-order chi connectivity index (χ0) is 12.7. The van der Waals surface area contributed by atoms with Crippen LogP contribution in [0.5, 0.6) is 0 Å². The van der Waals surface area contributed by atoms with Crippen molar-refractivity contribution in [2.24, 2.45) is 10.9 Å². The average Bonchev–Trinajstić information content (AvgIpc) is 2.38. The summed E-state index contributed by atoms with van der Waals surface area (Å²) in [4.78, 5) is 1.24. The number of thioether (sulfide) groups is 1. The predicted molar refractivity (Wildman–Crippen MR) is 74.0 cm³/mol. The standard InChI is InChI=1S/C12H19N3OS/c1-3-9(8-12(13)15-16)14-10-4-6-11(17-2)7-5-10/h4-7,9,14,16H,3,8H2,1-2H3,(H2,13,15). The molecule has 1 atom stereocenters. The fourth-order valence-corrected chi connectivity index (χ4v) is 1.92. The van der Waals surface area contributed by atoms with Gasteiger partial charge in [-0.3, -0.25) is 0 Å². The minimum Gasteiger partial charge on any atom is -0.409 e. The Morgan fingerprint density at radius 1 is 1.47 bits per heavy atom. The molecule has 0 amide bonds. The molecule has 1 unspecified atom stereocenters. The van der Waals surface area contributed by atoms with Gasteiger partial charge in [-0.25, -0.2) is 0 Å². The monoisotopic (exact) mass is 253 g/mol. The van der Waals surface area contributed by atoms with Crippen LogP contribution >= 0.6 is 11.8 Å². The van der Waals surface area contributed by atoms with Gasteiger partial charge >= 0.3 is 0 Å². The largest absolute Gasteiger partial charge is 0.409 e. The smallest absolute Gasteiger partial charge is 0.141 e. The molecule has 4 nitrogen and oxygen atoms in total. The van der Waals surface area contributed by atoms with E-state index in [2.05, 4.69) is 35.8 Å². The third kappa shape index (κ3) is 4.56. The van der Waals surface area contributed by atoms with Gasteiger partial charge in [0.15, 0.2) is 0 Å². The number of nitrogens with one attached hydrogen (secondary N) is 1. The van der Waals surface area contributed by atoms with Crippen LogP contribution < -0.4 is 11.1 Å². The molecule has 0 heterocycles. The SMILES string of the molecule is CCC(CC(N)=NO)Nc1ccc(SC)cc1. The van der Waals surface area contributed by atoms with Crippen LogP contribution in [0.4, 0.5) is 5.69 Å². The molecule has 0 spiro atoms. The molecule has 5 heteroatoms. The lowest BCUT2D eigenvalue weighted by Gasteiger charge is -2.17. The van der Waals surface area contributed by atoms with Gasteiger partial charge in [-0.15, -0.1) is 11.8 Å². The highest BCUT2D eigenvalue weighted by atomic mass is 32.2. The summed E-state index contributed by atoms with van der Waals surface area (Å²) in [5, 5.41) is 14.9. The predicted octanol–water partition coefficient (Wildman–Crippen LogP) is 2.74. The number of nitrogens with zero attached hydrogens (tertiary/aromatic N) is 1. The van der Waals surface area contributed by atoms with Crippen molar-refractivity contribution in [3.8, 4) is 0 Å². The molecule has 0 fully saturated rings. The molecule has 17 heavy (non-hydrogen) atoms. The van der Waals surface area contributed by atoms with Crippen LogP contribution in [0.3, 0.4) is 0 Å². The minimum absolute atomic E-state index is 0.186. The van der Waals surface area contributed by atoms with Gasteiger partial charge in [-0.1, -0.05) is 12.1 Å². The number of hydrogen-bond acceptors (Lipinski definition) is 4. The van der Waals surface area contributed by atoms with Crippen molar-refractivity contribution in [2.75, 3.05) is 11.6 Å². The first kappa shape index (κ1) is 13.7. The highest BCUT2D eigenvalue weighted by Gasteiger charge is 2.08. The van der Waals surface area contributed by atoms with E-state index in [1.807, 2.05) is 12.1 Å². The van der Waals surface area contributed by atoms with Gasteiger partial charge in [0, 0.05) is 23.0 Å². The van der Waals surface area contributed by atoms with Gasteiger partial charge in [-0.2, -0.15) is 0 Å². The molecule has 0 radical (unpaired) electrons. The van der Waals surface area contributed by atoms with Crippen LogP contribution in [0.25, 0.3) is 0 Å². The van der Waals surface area contributed by atoms with E-state index in [1.54, 1.807) is 11.8 Å². The van der Waals surface area contributed by atoms with Crippen molar-refractivity contribution < 1.29 is 5.21 Å². The van der Waals surface area contributed by atoms with Crippen LogP contribution in [0, 0.1) is 0 Å². The maximum atomic E-state index is 8.55. The van der Waals surface area contributed by atoms with Crippen molar-refractivity contribution in [1.82, 2.24) is 0 Å². The van der Waals surface area contributed by atoms with E-state index in [1.165, 1.54) is 4.90 Å². The molecule has 0 aromatic heterocycles. The first-order valence-electron chi connectivity index (χ1n) is 5.56. The topological polar surface area (TPSA) is 70.6 Å². The molecular weight excluding hydrogens is 234 g/mol. The summed E-state index contributed by atoms with van der Waals surface area (Å²) in [6, 6.07) is 8.42. The molecule has 0 aliphatic rings. The highest BCUT2D eigenvalue weighted by molar-refractivity contribution is 7.98. The zero-order valence-corrected chi connectivity index (χ0v) is 11.0. The Labute approximate surface area is 106 Å². The molecule has 0 aliphatic carbocycles. The summed E-state index contributed by atoms with van der Waals surface area (Å²) >= 11 is 1.72. The minimum atomic E-state index is 0.186. The van der Waals surface area contributed by atoms with E-state index in [0.717, 1.165) is 12.1 Å². The summed E-state index contributed by atoms with van der Waals surface area (Å²) in [5.41, 5.74) is 6.56. The Bertz CT molecular complexity index is 365. The fourth-order valence-electron chi connectivity index (χ4n) is 1.51. The lowest BCUT2D eigenvalue weighted by molar-refractivity contribution is 0.316. The molecule has 4 N–H and O–H groups in total. The summed E-state index contributed by atoms with van der Waals surface area (Å²) in [6.07, 6.45) is 3.51. The second-order valence-electron chi connectivity index (χ2n) is 3.77. The van der Waals surface area contributed by atoms with Gasteiger partial charge in [0.25, 0.3) is 0 Å². The van der Waals surface area contributed by atoms with Crippen LogP contribution in [0.1, 0.15) is 19.8 Å². The van der Waals surface area contributed by atoms with Gasteiger partial charge in [0.1, 0.15) is 5.84 Å². The van der Waals surface area contributed by atoms with Crippen molar-refractivity contribution in [3.05, 3.63) is 24.3 Å². The lowest BCUT2D eigenvalue weighted by atomic mass is 10.1. The van der Waals surface area contributed by atoms with Crippen LogP contribution in [-0.2, 0) is 0 Å². The molecular formula is C12H19N3OS. The van der Waals surface area contributed by atoms with Crippen molar-refractivity contribution in [2.45, 2.75) is 30.7 Å². The molecule has 94 valence electrons. The molecule has 1 rings (SSSR count). The normalized spacial score (nSPS) is 13.4. The van der Waals surface area contributed by atoms with E-state index in [4.69, 9.17) is 10.9 Å². The molecule has 1 aromatic carbocycles. The van der Waals surface area contributed by atoms with Crippen LogP contribution in [-0.4, -0.2) is 23.3 Å². The Balaban J connectivity index is 2.60. The summed E-state index contributed by atoms with van der Waals surface area (Å²) < 4.78 is 0. The van der Waals surface area contributed by atoms with Crippen LogP contribution in [0.2, 0.25) is 0 Å². The van der Waals surface area contributed by atoms with Crippen LogP contribution in [0.15, 0.2) is 34.3 Å². The number of oxime groups is 1. The summed E-state index contributed by atoms with van der Waals surface area (Å²) in [7, 11) is 0. The lowest BCUT2D eigenvalue weighted by Crippen LogP contribution is -2.26. The molecule has 1 aromatic rings. The molecule has 0 aliphatic heterocycles. The summed E-state index contributed by atoms with van der Waals surface area (Å²) in [5.74, 6) is 0.255. The number of anilines is 1. The number of benzene rings is 1. The Hall–Kier alpha value is -1.36. The Morgan fingerprint density at radius 2 is 2.12 bits per heavy atom. The third-order valence-electron chi connectivity index (χ3n) is 2.54. The number of amidine groups is 1. The van der Waals surface area contributed by atoms with Crippen molar-refractivity contribution in [3.63, 3.8) is 0 Å². The number of rotatable bonds is 6. The molecule has 0 saturated carbocycles. The summed E-state index contributed by atoms with van der Waals surface area (Å²) in [6.45, 7) is 2.07. The average molecular weight is 253 g/mol. The van der Waals surface area contributed by atoms with Gasteiger partial charge in [-0.05, 0) is 36.9 Å².